The summed E-state index contributed by atoms with van der Waals surface area (Å²) in [7, 11) is 0. The number of rotatable bonds is 6. The van der Waals surface area contributed by atoms with E-state index < -0.39 is 0 Å². The fourth-order valence-electron chi connectivity index (χ4n) is 4.09. The molecular formula is C24H28N2O2S. The largest absolute Gasteiger partial charge is 0.508 e. The molecule has 0 unspecified atom stereocenters. The first-order valence-electron chi connectivity index (χ1n) is 10.3. The maximum Gasteiger partial charge on any atom is 0.123 e. The minimum absolute atomic E-state index is 0.163. The molecule has 1 aliphatic carbocycles. The van der Waals surface area contributed by atoms with Crippen molar-refractivity contribution in [2.75, 3.05) is 0 Å². The average Bonchev–Trinajstić information content (AvgIpc) is 3.09. The molecule has 152 valence electrons. The number of aliphatic hydroxyl groups excluding tert-OH is 1. The summed E-state index contributed by atoms with van der Waals surface area (Å²) in [4.78, 5) is 8.61. The standard InChI is InChI=1S/C24H28N2O2S/c1-17-23(29-24(25-17)19-7-3-2-4-8-19)16-26(20-10-12-21(27)13-11-20)15-18-6-5-9-22(28)14-18/h2-9,14,20-21,27-28H,10-13,15-16H2,1H3. The van der Waals surface area contributed by atoms with Crippen molar-refractivity contribution < 1.29 is 10.2 Å². The Morgan fingerprint density at radius 3 is 2.48 bits per heavy atom. The van der Waals surface area contributed by atoms with E-state index in [4.69, 9.17) is 4.98 Å². The van der Waals surface area contributed by atoms with Crippen molar-refractivity contribution in [3.8, 4) is 16.3 Å². The van der Waals surface area contributed by atoms with Crippen LogP contribution in [-0.4, -0.2) is 32.2 Å². The molecule has 1 fully saturated rings. The van der Waals surface area contributed by atoms with Crippen molar-refractivity contribution >= 4 is 11.3 Å². The highest BCUT2D eigenvalue weighted by atomic mass is 32.1. The number of nitrogens with zero attached hydrogens (tertiary/aromatic N) is 2. The molecule has 2 aromatic carbocycles. The summed E-state index contributed by atoms with van der Waals surface area (Å²) in [5.41, 5.74) is 3.36. The second kappa shape index (κ2) is 9.08. The Kier molecular flexibility index (Phi) is 6.28. The molecule has 4 rings (SSSR count). The Bertz CT molecular complexity index is 933. The van der Waals surface area contributed by atoms with Crippen molar-refractivity contribution in [1.29, 1.82) is 0 Å². The fourth-order valence-corrected chi connectivity index (χ4v) is 5.18. The number of aromatic nitrogens is 1. The second-order valence-corrected chi connectivity index (χ2v) is 9.01. The number of aromatic hydroxyl groups is 1. The molecule has 0 spiro atoms. The summed E-state index contributed by atoms with van der Waals surface area (Å²) in [5, 5.41) is 20.9. The van der Waals surface area contributed by atoms with Crippen LogP contribution >= 0.6 is 11.3 Å². The van der Waals surface area contributed by atoms with Crippen molar-refractivity contribution in [1.82, 2.24) is 9.88 Å². The van der Waals surface area contributed by atoms with Gasteiger partial charge in [-0.2, -0.15) is 0 Å². The molecule has 4 nitrogen and oxygen atoms in total. The van der Waals surface area contributed by atoms with Gasteiger partial charge in [0.05, 0.1) is 11.8 Å². The van der Waals surface area contributed by atoms with E-state index in [2.05, 4.69) is 30.0 Å². The highest BCUT2D eigenvalue weighted by Gasteiger charge is 2.26. The third kappa shape index (κ3) is 5.04. The Hall–Kier alpha value is -2.21. The van der Waals surface area contributed by atoms with E-state index in [1.54, 1.807) is 17.4 Å². The van der Waals surface area contributed by atoms with Crippen LogP contribution in [-0.2, 0) is 13.1 Å². The van der Waals surface area contributed by atoms with Gasteiger partial charge >= 0.3 is 0 Å². The minimum atomic E-state index is -0.163. The zero-order valence-corrected chi connectivity index (χ0v) is 17.6. The zero-order chi connectivity index (χ0) is 20.2. The van der Waals surface area contributed by atoms with Crippen LogP contribution in [0.1, 0.15) is 41.8 Å². The number of hydrogen-bond acceptors (Lipinski definition) is 5. The number of phenolic OH excluding ortho intramolecular Hbond substituents is 1. The molecule has 0 aliphatic heterocycles. The van der Waals surface area contributed by atoms with Gasteiger partial charge in [0.15, 0.2) is 0 Å². The molecule has 1 aromatic heterocycles. The Balaban J connectivity index is 1.57. The summed E-state index contributed by atoms with van der Waals surface area (Å²) in [6.07, 6.45) is 3.56. The van der Waals surface area contributed by atoms with Crippen molar-refractivity contribution in [2.45, 2.75) is 57.8 Å². The van der Waals surface area contributed by atoms with E-state index in [0.717, 1.165) is 60.6 Å². The number of aliphatic hydroxyl groups is 1. The van der Waals surface area contributed by atoms with Crippen molar-refractivity contribution in [2.24, 2.45) is 0 Å². The van der Waals surface area contributed by atoms with Crippen LogP contribution in [0.25, 0.3) is 10.6 Å². The molecule has 0 atom stereocenters. The molecule has 1 saturated carbocycles. The number of aryl methyl sites for hydroxylation is 1. The number of benzene rings is 2. The summed E-state index contributed by atoms with van der Waals surface area (Å²) < 4.78 is 0. The van der Waals surface area contributed by atoms with Gasteiger partial charge < -0.3 is 10.2 Å². The summed E-state index contributed by atoms with van der Waals surface area (Å²) >= 11 is 1.77. The van der Waals surface area contributed by atoms with Gasteiger partial charge in [-0.1, -0.05) is 42.5 Å². The number of phenols is 1. The second-order valence-electron chi connectivity index (χ2n) is 7.93. The van der Waals surface area contributed by atoms with Gasteiger partial charge in [0, 0.05) is 29.6 Å². The van der Waals surface area contributed by atoms with E-state index in [1.165, 1.54) is 4.88 Å². The normalized spacial score (nSPS) is 19.6. The fraction of sp³-hybridized carbons (Fsp3) is 0.375. The maximum absolute atomic E-state index is 9.94. The summed E-state index contributed by atoms with van der Waals surface area (Å²) in [6, 6.07) is 18.3. The van der Waals surface area contributed by atoms with Crippen LogP contribution < -0.4 is 0 Å². The number of hydrogen-bond donors (Lipinski definition) is 2. The predicted octanol–water partition coefficient (Wildman–Crippen LogP) is 5.13. The summed E-state index contributed by atoms with van der Waals surface area (Å²) in [5.74, 6) is 0.307. The lowest BCUT2D eigenvalue weighted by molar-refractivity contribution is 0.0669. The van der Waals surface area contributed by atoms with E-state index >= 15 is 0 Å². The van der Waals surface area contributed by atoms with Crippen LogP contribution in [0.15, 0.2) is 54.6 Å². The molecule has 3 aromatic rings. The monoisotopic (exact) mass is 408 g/mol. The lowest BCUT2D eigenvalue weighted by Gasteiger charge is -2.35. The van der Waals surface area contributed by atoms with Gasteiger partial charge in [-0.05, 0) is 50.3 Å². The molecule has 1 aliphatic rings. The van der Waals surface area contributed by atoms with Crippen LogP contribution in [0.4, 0.5) is 0 Å². The first-order chi connectivity index (χ1) is 14.1. The van der Waals surface area contributed by atoms with E-state index in [1.807, 2.05) is 30.3 Å². The molecule has 29 heavy (non-hydrogen) atoms. The smallest absolute Gasteiger partial charge is 0.123 e. The molecule has 1 heterocycles. The quantitative estimate of drug-likeness (QED) is 0.594. The third-order valence-electron chi connectivity index (χ3n) is 5.74. The average molecular weight is 409 g/mol. The molecule has 0 amide bonds. The molecule has 5 heteroatoms. The lowest BCUT2D eigenvalue weighted by Crippen LogP contribution is -2.38. The van der Waals surface area contributed by atoms with Crippen LogP contribution in [0.3, 0.4) is 0 Å². The van der Waals surface area contributed by atoms with Gasteiger partial charge in [-0.3, -0.25) is 4.90 Å². The van der Waals surface area contributed by atoms with Crippen molar-refractivity contribution in [3.63, 3.8) is 0 Å². The topological polar surface area (TPSA) is 56.6 Å². The highest BCUT2D eigenvalue weighted by molar-refractivity contribution is 7.15. The zero-order valence-electron chi connectivity index (χ0n) is 16.8. The molecule has 0 radical (unpaired) electrons. The van der Waals surface area contributed by atoms with E-state index in [0.29, 0.717) is 11.8 Å². The summed E-state index contributed by atoms with van der Waals surface area (Å²) in [6.45, 7) is 3.72. The van der Waals surface area contributed by atoms with Gasteiger partial charge in [-0.25, -0.2) is 4.98 Å². The van der Waals surface area contributed by atoms with Crippen LogP contribution in [0.2, 0.25) is 0 Å². The SMILES string of the molecule is Cc1nc(-c2ccccc2)sc1CN(Cc1cccc(O)c1)C1CCC(O)CC1. The lowest BCUT2D eigenvalue weighted by atomic mass is 9.91. The first-order valence-corrected chi connectivity index (χ1v) is 11.1. The Labute approximate surface area is 176 Å². The van der Waals surface area contributed by atoms with Crippen molar-refractivity contribution in [3.05, 3.63) is 70.7 Å². The number of thiazole rings is 1. The van der Waals surface area contributed by atoms with Gasteiger partial charge in [-0.15, -0.1) is 11.3 Å². The predicted molar refractivity (Wildman–Crippen MR) is 118 cm³/mol. The highest BCUT2D eigenvalue weighted by Crippen LogP contribution is 2.32. The van der Waals surface area contributed by atoms with Crippen LogP contribution in [0.5, 0.6) is 5.75 Å². The van der Waals surface area contributed by atoms with Gasteiger partial charge in [0.1, 0.15) is 10.8 Å². The molecule has 0 saturated heterocycles. The molecule has 2 N–H and O–H groups in total. The molecular weight excluding hydrogens is 380 g/mol. The Morgan fingerprint density at radius 2 is 1.76 bits per heavy atom. The van der Waals surface area contributed by atoms with Crippen LogP contribution in [0, 0.1) is 6.92 Å². The molecule has 0 bridgehead atoms. The minimum Gasteiger partial charge on any atom is -0.508 e. The Morgan fingerprint density at radius 1 is 1.00 bits per heavy atom. The van der Waals surface area contributed by atoms with E-state index in [-0.39, 0.29) is 6.10 Å². The maximum atomic E-state index is 9.94. The van der Waals surface area contributed by atoms with Gasteiger partial charge in [0.25, 0.3) is 0 Å². The van der Waals surface area contributed by atoms with Gasteiger partial charge in [0.2, 0.25) is 0 Å². The third-order valence-corrected chi connectivity index (χ3v) is 6.93. The van der Waals surface area contributed by atoms with E-state index in [9.17, 15) is 10.2 Å². The first kappa shape index (κ1) is 20.1.